The molecule has 1 aromatic rings. The summed E-state index contributed by atoms with van der Waals surface area (Å²) < 4.78 is 5.50. The second-order valence-electron chi connectivity index (χ2n) is 4.59. The first-order valence-electron chi connectivity index (χ1n) is 5.85. The summed E-state index contributed by atoms with van der Waals surface area (Å²) in [6.45, 7) is 2.66. The van der Waals surface area contributed by atoms with Gasteiger partial charge in [-0.1, -0.05) is 18.2 Å². The van der Waals surface area contributed by atoms with Crippen LogP contribution in [0.5, 0.6) is 0 Å². The van der Waals surface area contributed by atoms with Gasteiger partial charge in [-0.05, 0) is 11.6 Å². The van der Waals surface area contributed by atoms with Crippen LogP contribution in [0.3, 0.4) is 0 Å². The van der Waals surface area contributed by atoms with E-state index in [2.05, 4.69) is 40.3 Å². The number of rotatable bonds is 0. The van der Waals surface area contributed by atoms with Crippen molar-refractivity contribution in [3.05, 3.63) is 41.7 Å². The number of hydrogen-bond donors (Lipinski definition) is 0. The third-order valence-electron chi connectivity index (χ3n) is 3.74. The van der Waals surface area contributed by atoms with E-state index < -0.39 is 0 Å². The fraction of sp³-hybridized carbons (Fsp3) is 0.385. The van der Waals surface area contributed by atoms with Crippen molar-refractivity contribution in [3.63, 3.8) is 0 Å². The molecule has 0 aliphatic carbocycles. The maximum Gasteiger partial charge on any atom is 0.110 e. The first-order valence-corrected chi connectivity index (χ1v) is 5.85. The minimum absolute atomic E-state index is 0.510. The van der Waals surface area contributed by atoms with E-state index in [0.29, 0.717) is 6.17 Å². The van der Waals surface area contributed by atoms with Crippen LogP contribution in [0.25, 0.3) is 0 Å². The van der Waals surface area contributed by atoms with Crippen LogP contribution >= 0.6 is 0 Å². The topological polar surface area (TPSA) is 15.7 Å². The Balaban J connectivity index is 1.78. The molecule has 1 fully saturated rings. The Labute approximate surface area is 94.9 Å². The quantitative estimate of drug-likeness (QED) is 0.652. The molecular formula is C13H14N2O. The van der Waals surface area contributed by atoms with Gasteiger partial charge in [0.2, 0.25) is 0 Å². The Morgan fingerprint density at radius 2 is 2.19 bits per heavy atom. The molecule has 1 saturated heterocycles. The average molecular weight is 214 g/mol. The highest BCUT2D eigenvalue weighted by atomic mass is 16.5. The molecule has 0 N–H and O–H groups in total. The van der Waals surface area contributed by atoms with Gasteiger partial charge >= 0.3 is 0 Å². The molecule has 3 nitrogen and oxygen atoms in total. The van der Waals surface area contributed by atoms with Crippen molar-refractivity contribution in [2.24, 2.45) is 0 Å². The molecule has 0 bridgehead atoms. The third kappa shape index (κ3) is 1.01. The lowest BCUT2D eigenvalue weighted by molar-refractivity contribution is 0.0648. The summed E-state index contributed by atoms with van der Waals surface area (Å²) in [5.41, 5.74) is 4.18. The number of anilines is 1. The third-order valence-corrected chi connectivity index (χ3v) is 3.74. The van der Waals surface area contributed by atoms with E-state index in [-0.39, 0.29) is 0 Å². The van der Waals surface area contributed by atoms with Crippen LogP contribution in [0.15, 0.2) is 36.2 Å². The van der Waals surface area contributed by atoms with Gasteiger partial charge in [-0.25, -0.2) is 0 Å². The minimum atomic E-state index is 0.510. The summed E-state index contributed by atoms with van der Waals surface area (Å²) >= 11 is 0. The molecule has 3 heterocycles. The molecule has 0 saturated carbocycles. The zero-order valence-electron chi connectivity index (χ0n) is 9.10. The van der Waals surface area contributed by atoms with E-state index in [0.717, 1.165) is 26.2 Å². The van der Waals surface area contributed by atoms with Crippen LogP contribution in [0.4, 0.5) is 5.69 Å². The summed E-state index contributed by atoms with van der Waals surface area (Å²) in [6.07, 6.45) is 3.91. The summed E-state index contributed by atoms with van der Waals surface area (Å²) in [4.78, 5) is 4.89. The summed E-state index contributed by atoms with van der Waals surface area (Å²) in [5.74, 6) is 0. The normalized spacial score (nSPS) is 26.2. The van der Waals surface area contributed by atoms with Crippen molar-refractivity contribution >= 4 is 5.69 Å². The molecule has 16 heavy (non-hydrogen) atoms. The van der Waals surface area contributed by atoms with E-state index in [1.165, 1.54) is 16.9 Å². The van der Waals surface area contributed by atoms with E-state index in [9.17, 15) is 0 Å². The van der Waals surface area contributed by atoms with Crippen LogP contribution in [0.2, 0.25) is 0 Å². The summed E-state index contributed by atoms with van der Waals surface area (Å²) in [6, 6.07) is 8.70. The number of nitrogens with zero attached hydrogens (tertiary/aromatic N) is 2. The molecule has 0 aromatic heterocycles. The van der Waals surface area contributed by atoms with Crippen LogP contribution in [0, 0.1) is 0 Å². The van der Waals surface area contributed by atoms with Crippen molar-refractivity contribution in [2.45, 2.75) is 12.6 Å². The molecular weight excluding hydrogens is 200 g/mol. The number of hydrogen-bond acceptors (Lipinski definition) is 3. The molecule has 0 spiro atoms. The van der Waals surface area contributed by atoms with Gasteiger partial charge in [-0.2, -0.15) is 0 Å². The molecule has 3 aliphatic rings. The highest BCUT2D eigenvalue weighted by Crippen LogP contribution is 2.39. The highest BCUT2D eigenvalue weighted by molar-refractivity contribution is 5.63. The van der Waals surface area contributed by atoms with E-state index in [1.54, 1.807) is 0 Å². The van der Waals surface area contributed by atoms with Gasteiger partial charge in [0.1, 0.15) is 6.17 Å². The predicted octanol–water partition coefficient (Wildman–Crippen LogP) is 1.56. The summed E-state index contributed by atoms with van der Waals surface area (Å²) in [5, 5.41) is 0. The fourth-order valence-corrected chi connectivity index (χ4v) is 2.99. The van der Waals surface area contributed by atoms with E-state index in [1.807, 2.05) is 0 Å². The van der Waals surface area contributed by atoms with Gasteiger partial charge in [-0.15, -0.1) is 0 Å². The van der Waals surface area contributed by atoms with E-state index in [4.69, 9.17) is 4.74 Å². The monoisotopic (exact) mass is 214 g/mol. The molecule has 0 amide bonds. The summed E-state index contributed by atoms with van der Waals surface area (Å²) in [7, 11) is 0. The lowest BCUT2D eigenvalue weighted by atomic mass is 10.1. The Hall–Kier alpha value is -1.48. The smallest absolute Gasteiger partial charge is 0.110 e. The minimum Gasteiger partial charge on any atom is -0.373 e. The first-order chi connectivity index (χ1) is 7.93. The fourth-order valence-electron chi connectivity index (χ4n) is 2.99. The molecule has 1 aromatic carbocycles. The van der Waals surface area contributed by atoms with Crippen molar-refractivity contribution in [3.8, 4) is 0 Å². The van der Waals surface area contributed by atoms with Crippen LogP contribution in [-0.4, -0.2) is 30.8 Å². The number of morpholine rings is 1. The van der Waals surface area contributed by atoms with Crippen molar-refractivity contribution in [1.29, 1.82) is 0 Å². The van der Waals surface area contributed by atoms with Gasteiger partial charge in [-0.3, -0.25) is 0 Å². The van der Waals surface area contributed by atoms with Crippen LogP contribution < -0.4 is 4.90 Å². The number of fused-ring (bicyclic) bond motifs is 5. The number of benzene rings is 1. The second-order valence-corrected chi connectivity index (χ2v) is 4.59. The Bertz CT molecular complexity index is 469. The molecule has 3 heteroatoms. The molecule has 0 radical (unpaired) electrons. The Morgan fingerprint density at radius 3 is 3.19 bits per heavy atom. The Kier molecular flexibility index (Phi) is 1.63. The molecule has 4 rings (SSSR count). The maximum absolute atomic E-state index is 5.50. The van der Waals surface area contributed by atoms with Gasteiger partial charge in [0, 0.05) is 24.9 Å². The zero-order chi connectivity index (χ0) is 10.5. The molecule has 1 atom stereocenters. The SMILES string of the molecule is C1=C2COCCN2C2Cc3ccccc3N12. The molecule has 3 aliphatic heterocycles. The van der Waals surface area contributed by atoms with Gasteiger partial charge < -0.3 is 14.5 Å². The van der Waals surface area contributed by atoms with Crippen molar-refractivity contribution in [1.82, 2.24) is 4.90 Å². The van der Waals surface area contributed by atoms with Crippen molar-refractivity contribution in [2.75, 3.05) is 24.7 Å². The largest absolute Gasteiger partial charge is 0.373 e. The first kappa shape index (κ1) is 8.65. The predicted molar refractivity (Wildman–Crippen MR) is 62.0 cm³/mol. The van der Waals surface area contributed by atoms with Gasteiger partial charge in [0.25, 0.3) is 0 Å². The van der Waals surface area contributed by atoms with Gasteiger partial charge in [0.15, 0.2) is 0 Å². The lowest BCUT2D eigenvalue weighted by Crippen LogP contribution is -2.42. The molecule has 1 unspecified atom stereocenters. The van der Waals surface area contributed by atoms with Crippen molar-refractivity contribution < 1.29 is 4.74 Å². The van der Waals surface area contributed by atoms with E-state index >= 15 is 0 Å². The van der Waals surface area contributed by atoms with Crippen LogP contribution in [-0.2, 0) is 11.2 Å². The highest BCUT2D eigenvalue weighted by Gasteiger charge is 2.39. The number of para-hydroxylation sites is 1. The van der Waals surface area contributed by atoms with Gasteiger partial charge in [0.05, 0.1) is 18.9 Å². The average Bonchev–Trinajstić information content (AvgIpc) is 2.85. The standard InChI is InChI=1S/C13H14N2O/c1-2-4-12-10(3-1)7-13-14-5-6-16-9-11(14)8-15(12)13/h1-4,8,13H,5-7,9H2. The van der Waals surface area contributed by atoms with Crippen LogP contribution in [0.1, 0.15) is 5.56 Å². The second kappa shape index (κ2) is 3.01. The lowest BCUT2D eigenvalue weighted by Gasteiger charge is -2.32. The zero-order valence-corrected chi connectivity index (χ0v) is 9.10. The maximum atomic E-state index is 5.50. The Morgan fingerprint density at radius 1 is 1.25 bits per heavy atom. The number of ether oxygens (including phenoxy) is 1. The molecule has 82 valence electrons.